The number of carbonyl (C=O) groups is 1. The highest BCUT2D eigenvalue weighted by atomic mass is 35.5. The van der Waals surface area contributed by atoms with Gasteiger partial charge in [-0.05, 0) is 67.7 Å². The predicted molar refractivity (Wildman–Crippen MR) is 114 cm³/mol. The summed E-state index contributed by atoms with van der Waals surface area (Å²) in [6.45, 7) is 4.98. The van der Waals surface area contributed by atoms with Crippen molar-refractivity contribution in [2.45, 2.75) is 37.6 Å². The van der Waals surface area contributed by atoms with Crippen LogP contribution in [0.3, 0.4) is 0 Å². The topological polar surface area (TPSA) is 83.5 Å². The largest absolute Gasteiger partial charge is 0.478 e. The molecule has 29 heavy (non-hydrogen) atoms. The lowest BCUT2D eigenvalue weighted by molar-refractivity contribution is -0.133. The smallest absolute Gasteiger partial charge is 0.333 e. The second kappa shape index (κ2) is 7.78. The summed E-state index contributed by atoms with van der Waals surface area (Å²) in [6, 6.07) is 12.6. The Kier molecular flexibility index (Phi) is 5.72. The molecule has 1 aliphatic carbocycles. The molecule has 0 amide bonds. The highest BCUT2D eigenvalue weighted by Crippen LogP contribution is 2.36. The molecule has 0 heterocycles. The first-order valence-electron chi connectivity index (χ1n) is 9.04. The van der Waals surface area contributed by atoms with E-state index in [0.29, 0.717) is 16.1 Å². The van der Waals surface area contributed by atoms with E-state index in [9.17, 15) is 18.3 Å². The number of allylic oxidation sites excluding steroid dienone is 2. The monoisotopic (exact) mass is 431 g/mol. The van der Waals surface area contributed by atoms with Gasteiger partial charge in [0.1, 0.15) is 0 Å². The first-order valence-corrected chi connectivity index (χ1v) is 10.9. The van der Waals surface area contributed by atoms with E-state index < -0.39 is 21.5 Å². The number of rotatable bonds is 5. The molecule has 1 atom stereocenters. The molecule has 1 aliphatic rings. The molecule has 0 aliphatic heterocycles. The average Bonchev–Trinajstić information content (AvgIpc) is 2.64. The molecule has 0 saturated heterocycles. The summed E-state index contributed by atoms with van der Waals surface area (Å²) in [5.74, 6) is -1.16. The molecule has 0 aromatic heterocycles. The number of carboxylic acid groups (broad SMARTS) is 1. The van der Waals surface area contributed by atoms with Crippen LogP contribution in [-0.2, 0) is 14.8 Å². The van der Waals surface area contributed by atoms with Crippen molar-refractivity contribution in [2.75, 3.05) is 0 Å². The van der Waals surface area contributed by atoms with E-state index >= 15 is 0 Å². The molecular formula is C22H22ClNO4S. The number of hydrogen-bond acceptors (Lipinski definition) is 3. The number of benzene rings is 2. The van der Waals surface area contributed by atoms with E-state index in [2.05, 4.69) is 4.72 Å². The number of carboxylic acids is 1. The van der Waals surface area contributed by atoms with Gasteiger partial charge < -0.3 is 5.11 Å². The zero-order valence-electron chi connectivity index (χ0n) is 16.4. The SMILES string of the molecule is Cc1cc(S(=O)(=O)NC2(C)CC(c3ccccc3)=CC=C2C(=O)O)c(C)cc1Cl. The van der Waals surface area contributed by atoms with Gasteiger partial charge >= 0.3 is 5.97 Å². The van der Waals surface area contributed by atoms with Crippen molar-refractivity contribution in [3.05, 3.63) is 81.9 Å². The van der Waals surface area contributed by atoms with Crippen molar-refractivity contribution in [1.29, 1.82) is 0 Å². The molecule has 2 aromatic rings. The van der Waals surface area contributed by atoms with Crippen LogP contribution < -0.4 is 4.72 Å². The third kappa shape index (κ3) is 4.29. The first kappa shape index (κ1) is 21.3. The maximum absolute atomic E-state index is 13.2. The maximum atomic E-state index is 13.2. The Morgan fingerprint density at radius 3 is 2.38 bits per heavy atom. The second-order valence-electron chi connectivity index (χ2n) is 7.42. The Hall–Kier alpha value is -2.41. The van der Waals surface area contributed by atoms with Gasteiger partial charge in [0.15, 0.2) is 0 Å². The Labute approximate surface area is 175 Å². The molecule has 0 saturated carbocycles. The second-order valence-corrected chi connectivity index (χ2v) is 9.48. The molecule has 2 N–H and O–H groups in total. The Morgan fingerprint density at radius 2 is 1.76 bits per heavy atom. The molecule has 0 radical (unpaired) electrons. The third-order valence-corrected chi connectivity index (χ3v) is 7.22. The van der Waals surface area contributed by atoms with Gasteiger partial charge in [-0.25, -0.2) is 17.9 Å². The lowest BCUT2D eigenvalue weighted by Crippen LogP contribution is -2.50. The molecule has 2 aromatic carbocycles. The van der Waals surface area contributed by atoms with Crippen molar-refractivity contribution in [3.63, 3.8) is 0 Å². The van der Waals surface area contributed by atoms with Crippen molar-refractivity contribution in [3.8, 4) is 0 Å². The molecule has 5 nitrogen and oxygen atoms in total. The van der Waals surface area contributed by atoms with Crippen LogP contribution in [0.2, 0.25) is 5.02 Å². The van der Waals surface area contributed by atoms with Crippen LogP contribution in [0.4, 0.5) is 0 Å². The van der Waals surface area contributed by atoms with Gasteiger partial charge in [0.05, 0.1) is 16.0 Å². The van der Waals surface area contributed by atoms with Crippen LogP contribution in [0.1, 0.15) is 30.0 Å². The molecule has 3 rings (SSSR count). The number of hydrogen-bond donors (Lipinski definition) is 2. The van der Waals surface area contributed by atoms with E-state index in [1.165, 1.54) is 12.1 Å². The summed E-state index contributed by atoms with van der Waals surface area (Å²) in [4.78, 5) is 11.9. The van der Waals surface area contributed by atoms with E-state index in [0.717, 1.165) is 11.1 Å². The zero-order valence-corrected chi connectivity index (χ0v) is 17.9. The van der Waals surface area contributed by atoms with Gasteiger partial charge in [-0.1, -0.05) is 48.0 Å². The summed E-state index contributed by atoms with van der Waals surface area (Å²) in [6.07, 6.45) is 3.41. The van der Waals surface area contributed by atoms with E-state index in [-0.39, 0.29) is 16.9 Å². The summed E-state index contributed by atoms with van der Waals surface area (Å²) in [5, 5.41) is 10.2. The minimum Gasteiger partial charge on any atom is -0.478 e. The molecule has 152 valence electrons. The highest BCUT2D eigenvalue weighted by molar-refractivity contribution is 7.89. The van der Waals surface area contributed by atoms with Gasteiger partial charge in [-0.15, -0.1) is 0 Å². The zero-order chi connectivity index (χ0) is 21.4. The fraction of sp³-hybridized carbons (Fsp3) is 0.227. The molecule has 7 heteroatoms. The summed E-state index contributed by atoms with van der Waals surface area (Å²) >= 11 is 6.10. The van der Waals surface area contributed by atoms with Crippen LogP contribution >= 0.6 is 11.6 Å². The predicted octanol–water partition coefficient (Wildman–Crippen LogP) is 4.49. The fourth-order valence-electron chi connectivity index (χ4n) is 3.55. The molecular weight excluding hydrogens is 410 g/mol. The van der Waals surface area contributed by atoms with Crippen molar-refractivity contribution in [1.82, 2.24) is 4.72 Å². The van der Waals surface area contributed by atoms with Gasteiger partial charge in [0.2, 0.25) is 10.0 Å². The lowest BCUT2D eigenvalue weighted by Gasteiger charge is -2.34. The normalized spacial score (nSPS) is 19.4. The van der Waals surface area contributed by atoms with Crippen LogP contribution in [0.15, 0.2) is 65.1 Å². The molecule has 0 fully saturated rings. The number of aliphatic carboxylic acids is 1. The Balaban J connectivity index is 2.04. The van der Waals surface area contributed by atoms with Crippen LogP contribution in [0.5, 0.6) is 0 Å². The third-order valence-electron chi connectivity index (χ3n) is 5.07. The van der Waals surface area contributed by atoms with E-state index in [1.54, 1.807) is 32.9 Å². The van der Waals surface area contributed by atoms with Crippen LogP contribution in [0.25, 0.3) is 5.57 Å². The number of aryl methyl sites for hydroxylation is 2. The van der Waals surface area contributed by atoms with Crippen LogP contribution in [0, 0.1) is 13.8 Å². The van der Waals surface area contributed by atoms with Crippen molar-refractivity contribution >= 4 is 33.2 Å². The lowest BCUT2D eigenvalue weighted by atomic mass is 9.80. The number of nitrogens with one attached hydrogen (secondary N) is 1. The summed E-state index contributed by atoms with van der Waals surface area (Å²) < 4.78 is 29.1. The summed E-state index contributed by atoms with van der Waals surface area (Å²) in [5.41, 5.74) is 1.56. The fourth-order valence-corrected chi connectivity index (χ4v) is 5.47. The average molecular weight is 432 g/mol. The molecule has 0 spiro atoms. The van der Waals surface area contributed by atoms with Gasteiger partial charge in [0.25, 0.3) is 0 Å². The Bertz CT molecular complexity index is 1140. The standard InChI is InChI=1S/C22H22ClNO4S/c1-14-12-20(15(2)11-19(14)23)29(27,28)24-22(3)13-17(9-10-18(22)21(25)26)16-7-5-4-6-8-16/h4-12,24H,13H2,1-3H3,(H,25,26). The van der Waals surface area contributed by atoms with Crippen molar-refractivity contribution < 1.29 is 18.3 Å². The number of halogens is 1. The van der Waals surface area contributed by atoms with Gasteiger partial charge in [0, 0.05) is 5.02 Å². The van der Waals surface area contributed by atoms with Crippen LogP contribution in [-0.4, -0.2) is 25.0 Å². The van der Waals surface area contributed by atoms with Gasteiger partial charge in [-0.2, -0.15) is 0 Å². The quantitative estimate of drug-likeness (QED) is 0.730. The van der Waals surface area contributed by atoms with E-state index in [1.807, 2.05) is 30.3 Å². The maximum Gasteiger partial charge on any atom is 0.333 e. The van der Waals surface area contributed by atoms with Crippen molar-refractivity contribution in [2.24, 2.45) is 0 Å². The first-order chi connectivity index (χ1) is 13.5. The Morgan fingerprint density at radius 1 is 1.10 bits per heavy atom. The minimum atomic E-state index is -4.00. The molecule has 1 unspecified atom stereocenters. The minimum absolute atomic E-state index is 0.0101. The highest BCUT2D eigenvalue weighted by Gasteiger charge is 2.40. The molecule has 0 bridgehead atoms. The number of sulfonamides is 1. The van der Waals surface area contributed by atoms with E-state index in [4.69, 9.17) is 11.6 Å². The van der Waals surface area contributed by atoms with Gasteiger partial charge in [-0.3, -0.25) is 0 Å². The summed E-state index contributed by atoms with van der Waals surface area (Å²) in [7, 11) is -4.00.